The number of nitrogens with zero attached hydrogens (tertiary/aromatic N) is 2. The van der Waals surface area contributed by atoms with Crippen molar-refractivity contribution in [1.29, 1.82) is 0 Å². The van der Waals surface area contributed by atoms with Crippen molar-refractivity contribution in [3.8, 4) is 0 Å². The summed E-state index contributed by atoms with van der Waals surface area (Å²) in [6, 6.07) is 5.79. The topological polar surface area (TPSA) is 29.9 Å². The molecule has 20 heavy (non-hydrogen) atoms. The van der Waals surface area contributed by atoms with E-state index in [9.17, 15) is 0 Å². The van der Waals surface area contributed by atoms with Gasteiger partial charge in [-0.2, -0.15) is 0 Å². The van der Waals surface area contributed by atoms with Crippen molar-refractivity contribution >= 4 is 11.0 Å². The van der Waals surface area contributed by atoms with Crippen molar-refractivity contribution in [2.24, 2.45) is 0 Å². The summed E-state index contributed by atoms with van der Waals surface area (Å²) in [4.78, 5) is 4.60. The van der Waals surface area contributed by atoms with Gasteiger partial charge < -0.3 is 9.88 Å². The van der Waals surface area contributed by atoms with E-state index in [2.05, 4.69) is 47.8 Å². The number of aromatic nitrogens is 2. The van der Waals surface area contributed by atoms with Crippen molar-refractivity contribution in [1.82, 2.24) is 14.9 Å². The molecule has 0 radical (unpaired) electrons. The fourth-order valence-corrected chi connectivity index (χ4v) is 2.84. The van der Waals surface area contributed by atoms with Gasteiger partial charge in [-0.05, 0) is 56.4 Å². The largest absolute Gasteiger partial charge is 0.326 e. The normalized spacial score (nSPS) is 16.8. The maximum Gasteiger partial charge on any atom is 0.0961 e. The average molecular weight is 271 g/mol. The average Bonchev–Trinajstić information content (AvgIpc) is 3.17. The molecule has 1 aromatic heterocycles. The van der Waals surface area contributed by atoms with Crippen LogP contribution in [-0.4, -0.2) is 22.1 Å². The first-order chi connectivity index (χ1) is 9.69. The third-order valence-corrected chi connectivity index (χ3v) is 4.43. The highest BCUT2D eigenvalue weighted by atomic mass is 15.1. The third kappa shape index (κ3) is 2.73. The van der Waals surface area contributed by atoms with Gasteiger partial charge in [0.25, 0.3) is 0 Å². The number of fused-ring (bicyclic) bond motifs is 1. The Morgan fingerprint density at radius 3 is 2.75 bits per heavy atom. The highest BCUT2D eigenvalue weighted by Crippen LogP contribution is 2.25. The Morgan fingerprint density at radius 1 is 1.30 bits per heavy atom. The molecule has 1 aromatic carbocycles. The Labute approximate surface area is 121 Å². The summed E-state index contributed by atoms with van der Waals surface area (Å²) in [5.74, 6) is 0. The van der Waals surface area contributed by atoms with Crippen molar-refractivity contribution in [3.63, 3.8) is 0 Å². The van der Waals surface area contributed by atoms with Gasteiger partial charge in [0.15, 0.2) is 0 Å². The monoisotopic (exact) mass is 271 g/mol. The summed E-state index contributed by atoms with van der Waals surface area (Å²) < 4.78 is 2.38. The molecule has 0 aliphatic heterocycles. The Morgan fingerprint density at radius 2 is 2.05 bits per heavy atom. The molecule has 1 unspecified atom stereocenters. The third-order valence-electron chi connectivity index (χ3n) is 4.43. The lowest BCUT2D eigenvalue weighted by Crippen LogP contribution is -2.26. The maximum absolute atomic E-state index is 4.60. The minimum absolute atomic E-state index is 0.521. The first-order valence-electron chi connectivity index (χ1n) is 7.86. The van der Waals surface area contributed by atoms with Gasteiger partial charge in [0.1, 0.15) is 0 Å². The van der Waals surface area contributed by atoms with E-state index in [0.717, 1.165) is 18.1 Å². The van der Waals surface area contributed by atoms with Crippen LogP contribution in [0.4, 0.5) is 0 Å². The zero-order chi connectivity index (χ0) is 14.1. The second-order valence-corrected chi connectivity index (χ2v) is 6.20. The van der Waals surface area contributed by atoms with Crippen molar-refractivity contribution in [2.45, 2.75) is 58.5 Å². The summed E-state index contributed by atoms with van der Waals surface area (Å²) in [7, 11) is 0. The second kappa shape index (κ2) is 5.57. The Kier molecular flexibility index (Phi) is 3.79. The molecule has 1 aliphatic rings. The van der Waals surface area contributed by atoms with Gasteiger partial charge in [-0.15, -0.1) is 0 Å². The second-order valence-electron chi connectivity index (χ2n) is 6.20. The van der Waals surface area contributed by atoms with Crippen LogP contribution in [0.1, 0.15) is 49.8 Å². The van der Waals surface area contributed by atoms with Crippen LogP contribution in [0.3, 0.4) is 0 Å². The predicted molar refractivity (Wildman–Crippen MR) is 84.2 cm³/mol. The lowest BCUT2D eigenvalue weighted by Gasteiger charge is -2.20. The number of benzene rings is 1. The van der Waals surface area contributed by atoms with Crippen molar-refractivity contribution < 1.29 is 0 Å². The Bertz CT molecular complexity index is 596. The van der Waals surface area contributed by atoms with Crippen LogP contribution in [0.2, 0.25) is 0 Å². The molecule has 1 aliphatic carbocycles. The van der Waals surface area contributed by atoms with Gasteiger partial charge in [0.05, 0.1) is 17.4 Å². The van der Waals surface area contributed by atoms with Crippen molar-refractivity contribution in [2.75, 3.05) is 6.54 Å². The minimum Gasteiger partial charge on any atom is -0.326 e. The summed E-state index contributed by atoms with van der Waals surface area (Å²) in [5, 5.41) is 3.67. The molecular weight excluding hydrogens is 246 g/mol. The summed E-state index contributed by atoms with van der Waals surface area (Å²) in [6.45, 7) is 7.67. The van der Waals surface area contributed by atoms with E-state index >= 15 is 0 Å². The van der Waals surface area contributed by atoms with Gasteiger partial charge >= 0.3 is 0 Å². The lowest BCUT2D eigenvalue weighted by atomic mass is 10.1. The molecule has 3 nitrogen and oxygen atoms in total. The molecule has 1 heterocycles. The molecule has 0 spiro atoms. The standard InChI is InChI=1S/C17H25N3/c1-4-5-15(10-18-14-6-7-14)20-11-19-16-8-12(2)13(3)9-17(16)20/h8-9,11,14-15,18H,4-7,10H2,1-3H3. The summed E-state index contributed by atoms with van der Waals surface area (Å²) >= 11 is 0. The molecule has 108 valence electrons. The smallest absolute Gasteiger partial charge is 0.0961 e. The SMILES string of the molecule is CCCC(CNC1CC1)n1cnc2cc(C)c(C)cc21. The van der Waals surface area contributed by atoms with Crippen LogP contribution in [0.5, 0.6) is 0 Å². The van der Waals surface area contributed by atoms with E-state index in [0.29, 0.717) is 6.04 Å². The predicted octanol–water partition coefficient (Wildman–Crippen LogP) is 3.75. The number of aryl methyl sites for hydroxylation is 2. The van der Waals surface area contributed by atoms with Gasteiger partial charge in [0.2, 0.25) is 0 Å². The number of imidazole rings is 1. The van der Waals surface area contributed by atoms with Crippen LogP contribution >= 0.6 is 0 Å². The van der Waals surface area contributed by atoms with E-state index in [-0.39, 0.29) is 0 Å². The molecule has 1 N–H and O–H groups in total. The van der Waals surface area contributed by atoms with E-state index in [4.69, 9.17) is 0 Å². The molecule has 3 rings (SSSR count). The minimum atomic E-state index is 0.521. The van der Waals surface area contributed by atoms with E-state index in [1.807, 2.05) is 6.33 Å². The van der Waals surface area contributed by atoms with Crippen LogP contribution in [0.25, 0.3) is 11.0 Å². The highest BCUT2D eigenvalue weighted by molar-refractivity contribution is 5.77. The molecule has 1 atom stereocenters. The molecule has 0 saturated heterocycles. The molecular formula is C17H25N3. The number of rotatable bonds is 6. The van der Waals surface area contributed by atoms with E-state index in [1.54, 1.807) is 0 Å². The maximum atomic E-state index is 4.60. The number of hydrogen-bond acceptors (Lipinski definition) is 2. The van der Waals surface area contributed by atoms with Gasteiger partial charge in [0, 0.05) is 18.6 Å². The van der Waals surface area contributed by atoms with Crippen LogP contribution in [0, 0.1) is 13.8 Å². The fourth-order valence-electron chi connectivity index (χ4n) is 2.84. The fraction of sp³-hybridized carbons (Fsp3) is 0.588. The quantitative estimate of drug-likeness (QED) is 0.867. The number of hydrogen-bond donors (Lipinski definition) is 1. The van der Waals surface area contributed by atoms with Crippen LogP contribution in [0.15, 0.2) is 18.5 Å². The van der Waals surface area contributed by atoms with Crippen LogP contribution in [-0.2, 0) is 0 Å². The van der Waals surface area contributed by atoms with Crippen LogP contribution < -0.4 is 5.32 Å². The zero-order valence-electron chi connectivity index (χ0n) is 12.8. The van der Waals surface area contributed by atoms with Gasteiger partial charge in [-0.3, -0.25) is 0 Å². The van der Waals surface area contributed by atoms with E-state index < -0.39 is 0 Å². The first kappa shape index (κ1) is 13.6. The molecule has 1 fully saturated rings. The first-order valence-corrected chi connectivity index (χ1v) is 7.86. The molecule has 1 saturated carbocycles. The summed E-state index contributed by atoms with van der Waals surface area (Å²) in [5.41, 5.74) is 5.08. The van der Waals surface area contributed by atoms with Gasteiger partial charge in [-0.25, -0.2) is 4.98 Å². The molecule has 0 bridgehead atoms. The van der Waals surface area contributed by atoms with Gasteiger partial charge in [-0.1, -0.05) is 13.3 Å². The lowest BCUT2D eigenvalue weighted by molar-refractivity contribution is 0.435. The number of nitrogens with one attached hydrogen (secondary N) is 1. The van der Waals surface area contributed by atoms with E-state index in [1.165, 1.54) is 42.3 Å². The molecule has 2 aromatic rings. The summed E-state index contributed by atoms with van der Waals surface area (Å²) in [6.07, 6.45) is 7.14. The van der Waals surface area contributed by atoms with Crippen molar-refractivity contribution in [3.05, 3.63) is 29.6 Å². The Hall–Kier alpha value is -1.35. The highest BCUT2D eigenvalue weighted by Gasteiger charge is 2.22. The zero-order valence-corrected chi connectivity index (χ0v) is 12.8. The molecule has 0 amide bonds. The molecule has 3 heteroatoms. The Balaban J connectivity index is 1.90.